The van der Waals surface area contributed by atoms with Crippen LogP contribution in [0, 0.1) is 0 Å². The Morgan fingerprint density at radius 2 is 1.20 bits per heavy atom. The fraction of sp³-hybridized carbons (Fsp3) is 0.500. The van der Waals surface area contributed by atoms with Gasteiger partial charge in [-0.1, -0.05) is 0 Å². The van der Waals surface area contributed by atoms with Crippen molar-refractivity contribution in [3.63, 3.8) is 0 Å². The summed E-state index contributed by atoms with van der Waals surface area (Å²) in [6, 6.07) is 0. The summed E-state index contributed by atoms with van der Waals surface area (Å²) in [5, 5.41) is -17.7. The molecule has 0 spiro atoms. The Morgan fingerprint density at radius 3 is 1.70 bits per heavy atom. The first-order chi connectivity index (χ1) is 8.95. The third-order valence-corrected chi connectivity index (χ3v) is 7.11. The number of halogens is 8. The van der Waals surface area contributed by atoms with E-state index in [1.165, 1.54) is 0 Å². The molecule has 6 atom stereocenters. The Balaban J connectivity index is 2.53. The van der Waals surface area contributed by atoms with Crippen LogP contribution in [0.2, 0.25) is 0 Å². The number of hydrogen-bond donors (Lipinski definition) is 0. The molecule has 0 saturated carbocycles. The van der Waals surface area contributed by atoms with Crippen LogP contribution in [0.3, 0.4) is 0 Å². The summed E-state index contributed by atoms with van der Waals surface area (Å²) >= 11 is 0. The standard InChI is InChI=1S/C8F8O2S2/c9-1-2(10)7(15)8(16)5(13,6(1,14)20(7)18)3(11)4(12)19(8)17/t5-,6-,7+,8-,19?,20?/m1/s1. The van der Waals surface area contributed by atoms with E-state index in [4.69, 9.17) is 0 Å². The normalized spacial score (nSPS) is 57.8. The largest absolute Gasteiger partial charge is 0.291 e. The molecule has 1 fully saturated rings. The number of alkyl halides is 4. The van der Waals surface area contributed by atoms with Gasteiger partial charge in [-0.05, 0) is 0 Å². The molecule has 0 amide bonds. The van der Waals surface area contributed by atoms with Crippen molar-refractivity contribution in [1.29, 1.82) is 0 Å². The van der Waals surface area contributed by atoms with Crippen LogP contribution in [0.1, 0.15) is 0 Å². The summed E-state index contributed by atoms with van der Waals surface area (Å²) in [6.07, 6.45) is 0. The van der Waals surface area contributed by atoms with Crippen molar-refractivity contribution < 1.29 is 43.5 Å². The first-order valence-corrected chi connectivity index (χ1v) is 6.96. The topological polar surface area (TPSA) is 34.1 Å². The number of allylic oxidation sites excluding steroid dienone is 1. The van der Waals surface area contributed by atoms with Crippen molar-refractivity contribution in [3.05, 3.63) is 22.6 Å². The predicted molar refractivity (Wildman–Crippen MR) is 50.1 cm³/mol. The highest BCUT2D eigenvalue weighted by Gasteiger charge is 3.01. The second-order valence-electron chi connectivity index (χ2n) is 4.20. The van der Waals surface area contributed by atoms with Crippen LogP contribution >= 0.6 is 0 Å². The molecule has 0 aromatic rings. The van der Waals surface area contributed by atoms with Gasteiger partial charge >= 0.3 is 0 Å². The van der Waals surface area contributed by atoms with Gasteiger partial charge in [0.15, 0.2) is 17.5 Å². The third kappa shape index (κ3) is 0.822. The fourth-order valence-electron chi connectivity index (χ4n) is 2.48. The molecule has 0 aliphatic carbocycles. The quantitative estimate of drug-likeness (QED) is 0.633. The molecular weight excluding hydrogens is 344 g/mol. The maximum atomic E-state index is 14.3. The smallest absolute Gasteiger partial charge is 0.252 e. The monoisotopic (exact) mass is 344 g/mol. The summed E-state index contributed by atoms with van der Waals surface area (Å²) in [5.41, 5.74) is -5.16. The first kappa shape index (κ1) is 14.2. The molecule has 112 valence electrons. The summed E-state index contributed by atoms with van der Waals surface area (Å²) in [7, 11) is -8.46. The van der Waals surface area contributed by atoms with E-state index in [2.05, 4.69) is 0 Å². The number of hydrogen-bond acceptors (Lipinski definition) is 2. The van der Waals surface area contributed by atoms with Gasteiger partial charge in [0.1, 0.15) is 21.6 Å². The van der Waals surface area contributed by atoms with Gasteiger partial charge in [-0.25, -0.2) is 34.9 Å². The summed E-state index contributed by atoms with van der Waals surface area (Å²) in [6.45, 7) is 0. The fourth-order valence-corrected chi connectivity index (χ4v) is 6.12. The van der Waals surface area contributed by atoms with E-state index in [0.717, 1.165) is 0 Å². The summed E-state index contributed by atoms with van der Waals surface area (Å²) < 4.78 is 132. The second-order valence-corrected chi connectivity index (χ2v) is 7.32. The SMILES string of the molecule is O=S1C(F)=C(F)[C@]2(F)[C@]1(F)[C@]1(F)C(F)=C(F)[C@@]2(F)S1=O. The van der Waals surface area contributed by atoms with Gasteiger partial charge in [0, 0.05) is 0 Å². The lowest BCUT2D eigenvalue weighted by Crippen LogP contribution is -2.62. The maximum absolute atomic E-state index is 14.3. The Labute approximate surface area is 109 Å². The zero-order chi connectivity index (χ0) is 15.5. The van der Waals surface area contributed by atoms with E-state index >= 15 is 0 Å². The van der Waals surface area contributed by atoms with Gasteiger partial charge in [-0.2, -0.15) is 4.39 Å². The highest BCUT2D eigenvalue weighted by Crippen LogP contribution is 2.76. The molecule has 3 aliphatic rings. The molecule has 0 aromatic carbocycles. The van der Waals surface area contributed by atoms with Gasteiger partial charge in [0.25, 0.3) is 20.7 Å². The van der Waals surface area contributed by atoms with Crippen molar-refractivity contribution in [2.45, 2.75) is 20.7 Å². The highest BCUT2D eigenvalue weighted by molar-refractivity contribution is 7.95. The maximum Gasteiger partial charge on any atom is 0.291 e. The minimum absolute atomic E-state index is 2.74. The predicted octanol–water partition coefficient (Wildman–Crippen LogP) is 2.49. The molecule has 20 heavy (non-hydrogen) atoms. The first-order valence-electron chi connectivity index (χ1n) is 4.66. The molecule has 0 aromatic heterocycles. The van der Waals surface area contributed by atoms with Crippen LogP contribution in [-0.4, -0.2) is 29.1 Å². The zero-order valence-electron chi connectivity index (χ0n) is 8.66. The Hall–Kier alpha value is -0.780. The van der Waals surface area contributed by atoms with Crippen molar-refractivity contribution in [2.24, 2.45) is 0 Å². The van der Waals surface area contributed by atoms with Gasteiger partial charge in [0.05, 0.1) is 0 Å². The Morgan fingerprint density at radius 1 is 0.750 bits per heavy atom. The second kappa shape index (κ2) is 3.18. The van der Waals surface area contributed by atoms with Crippen LogP contribution in [0.25, 0.3) is 0 Å². The van der Waals surface area contributed by atoms with Crippen LogP contribution in [0.15, 0.2) is 22.6 Å². The van der Waals surface area contributed by atoms with Gasteiger partial charge in [-0.15, -0.1) is 0 Å². The van der Waals surface area contributed by atoms with Crippen molar-refractivity contribution in [2.75, 3.05) is 0 Å². The van der Waals surface area contributed by atoms with Gasteiger partial charge < -0.3 is 0 Å². The molecule has 2 nitrogen and oxygen atoms in total. The summed E-state index contributed by atoms with van der Waals surface area (Å²) in [4.78, 5) is 0. The Bertz CT molecular complexity index is 690. The van der Waals surface area contributed by atoms with E-state index in [9.17, 15) is 43.5 Å². The molecule has 2 bridgehead atoms. The molecule has 2 unspecified atom stereocenters. The number of fused-ring (bicyclic) bond motifs is 5. The van der Waals surface area contributed by atoms with E-state index in [-0.39, 0.29) is 0 Å². The lowest BCUT2D eigenvalue weighted by atomic mass is 9.83. The molecular formula is C8F8O2S2. The molecule has 3 rings (SSSR count). The van der Waals surface area contributed by atoms with Gasteiger partial charge in [-0.3, -0.25) is 4.21 Å². The van der Waals surface area contributed by atoms with Crippen LogP contribution < -0.4 is 0 Å². The van der Waals surface area contributed by atoms with Crippen molar-refractivity contribution in [3.8, 4) is 0 Å². The lowest BCUT2D eigenvalue weighted by molar-refractivity contribution is -0.0686. The minimum Gasteiger partial charge on any atom is -0.252 e. The molecule has 12 heteroatoms. The average molecular weight is 344 g/mol. The molecule has 1 saturated heterocycles. The van der Waals surface area contributed by atoms with Crippen LogP contribution in [0.4, 0.5) is 35.1 Å². The molecule has 0 radical (unpaired) electrons. The van der Waals surface area contributed by atoms with Crippen molar-refractivity contribution >= 4 is 21.6 Å². The highest BCUT2D eigenvalue weighted by atomic mass is 32.2. The zero-order valence-corrected chi connectivity index (χ0v) is 10.3. The van der Waals surface area contributed by atoms with E-state index in [1.54, 1.807) is 0 Å². The molecule has 3 heterocycles. The van der Waals surface area contributed by atoms with Crippen LogP contribution in [-0.2, 0) is 21.6 Å². The minimum atomic E-state index is -5.16. The summed E-state index contributed by atoms with van der Waals surface area (Å²) in [5.74, 6) is -9.00. The van der Waals surface area contributed by atoms with Crippen molar-refractivity contribution in [1.82, 2.24) is 0 Å². The third-order valence-electron chi connectivity index (χ3n) is 3.46. The van der Waals surface area contributed by atoms with E-state index < -0.39 is 64.9 Å². The lowest BCUT2D eigenvalue weighted by Gasteiger charge is -2.35. The molecule has 0 N–H and O–H groups in total. The van der Waals surface area contributed by atoms with Crippen LogP contribution in [0.5, 0.6) is 0 Å². The number of rotatable bonds is 0. The molecule has 3 aliphatic heterocycles. The Kier molecular flexibility index (Phi) is 2.25. The van der Waals surface area contributed by atoms with Gasteiger partial charge in [0.2, 0.25) is 5.16 Å². The van der Waals surface area contributed by atoms with E-state index in [0.29, 0.717) is 0 Å². The van der Waals surface area contributed by atoms with E-state index in [1.807, 2.05) is 0 Å². The average Bonchev–Trinajstić information content (AvgIpc) is 2.70.